The number of thioether (sulfide) groups is 1. The predicted molar refractivity (Wildman–Crippen MR) is 198 cm³/mol. The Hall–Kier alpha value is -4.79. The first-order chi connectivity index (χ1) is 25.2. The highest BCUT2D eigenvalue weighted by Crippen LogP contribution is 2.46. The van der Waals surface area contributed by atoms with Gasteiger partial charge in [0.2, 0.25) is 15.9 Å². The minimum Gasteiger partial charge on any atom is -0.484 e. The van der Waals surface area contributed by atoms with Crippen molar-refractivity contribution in [1.29, 1.82) is 0 Å². The fraction of sp³-hybridized carbons (Fsp3) is 0.351. The number of rotatable bonds is 18. The van der Waals surface area contributed by atoms with Gasteiger partial charge in [0.1, 0.15) is 22.9 Å². The number of nitrogens with two attached hydrogens (primary N) is 1. The number of amides is 2. The minimum atomic E-state index is -3.37. The van der Waals surface area contributed by atoms with Gasteiger partial charge in [-0.3, -0.25) is 19.2 Å². The summed E-state index contributed by atoms with van der Waals surface area (Å²) < 4.78 is 43.9. The van der Waals surface area contributed by atoms with E-state index in [1.54, 1.807) is 60.4 Å². The number of halogens is 1. The van der Waals surface area contributed by atoms with Gasteiger partial charge in [0, 0.05) is 23.4 Å². The lowest BCUT2D eigenvalue weighted by Gasteiger charge is -2.47. The molecule has 1 aliphatic rings. The first-order valence-corrected chi connectivity index (χ1v) is 19.5. The van der Waals surface area contributed by atoms with Crippen LogP contribution < -0.4 is 25.4 Å². The molecule has 1 unspecified atom stereocenters. The molecule has 1 heterocycles. The zero-order valence-electron chi connectivity index (χ0n) is 29.0. The highest BCUT2D eigenvalue weighted by atomic mass is 32.2. The normalized spacial score (nSPS) is 17.1. The largest absolute Gasteiger partial charge is 0.484 e. The van der Waals surface area contributed by atoms with Crippen LogP contribution in [0, 0.1) is 23.6 Å². The van der Waals surface area contributed by atoms with E-state index in [2.05, 4.69) is 21.9 Å². The number of aliphatic hydroxyl groups is 1. The molecule has 4 rings (SSSR count). The fourth-order valence-electron chi connectivity index (χ4n) is 5.48. The average Bonchev–Trinajstić information content (AvgIpc) is 3.13. The van der Waals surface area contributed by atoms with Gasteiger partial charge in [0.15, 0.2) is 12.4 Å². The summed E-state index contributed by atoms with van der Waals surface area (Å²) in [4.78, 5) is 51.1. The number of Topliss-reactive ketones (excluding diaryl/α,β-unsaturated/α-hetero) is 1. The third kappa shape index (κ3) is 11.9. The number of carboxylic acids is 1. The molecule has 0 spiro atoms. The molecule has 13 nitrogen and oxygen atoms in total. The number of hydrogen-bond donors (Lipinski definition) is 5. The second kappa shape index (κ2) is 18.8. The number of nitrogens with one attached hydrogen (secondary N) is 2. The van der Waals surface area contributed by atoms with E-state index in [0.29, 0.717) is 29.0 Å². The summed E-state index contributed by atoms with van der Waals surface area (Å²) in [6.07, 6.45) is 0.415. The van der Waals surface area contributed by atoms with E-state index in [0.717, 1.165) is 11.8 Å². The maximum Gasteiger partial charge on any atom is 0.320 e. The van der Waals surface area contributed by atoms with Crippen LogP contribution in [-0.4, -0.2) is 85.2 Å². The molecule has 0 radical (unpaired) electrons. The van der Waals surface area contributed by atoms with Crippen LogP contribution in [0.4, 0.5) is 10.1 Å². The van der Waals surface area contributed by atoms with Crippen molar-refractivity contribution in [2.45, 2.75) is 43.2 Å². The van der Waals surface area contributed by atoms with Crippen LogP contribution in [0.1, 0.15) is 48.6 Å². The molecule has 1 fully saturated rings. The molecule has 53 heavy (non-hydrogen) atoms. The summed E-state index contributed by atoms with van der Waals surface area (Å²) in [7, 11) is -3.37. The Morgan fingerprint density at radius 1 is 1.06 bits per heavy atom. The topological polar surface area (TPSA) is 205 Å². The molecule has 2 amide bonds. The molecule has 0 bridgehead atoms. The fourth-order valence-corrected chi connectivity index (χ4v) is 7.11. The number of ether oxygens (including phenoxy) is 1. The number of nitrogens with zero attached hydrogens (tertiary/aromatic N) is 1. The Morgan fingerprint density at radius 2 is 1.72 bits per heavy atom. The smallest absolute Gasteiger partial charge is 0.320 e. The standard InChI is InChI=1S/C37H41FN4O9S2/c1-3-24(33(39)37(47)48)19-29(43)20-40-32(45)21-51-30-16-10-26(11-17-30)34-35(52-22-31(44)25-8-12-27(38)13-9-25)36(46)42(34)28-14-6-23(7-15-28)5-4-18-41-53(2,49)50/h6-17,24,31,33-35,41,44H,3,18-22,39H2,1-2H3,(H,40,45)(H,47,48)/t24?,31-,33+,34+,35+/m0/s1. The van der Waals surface area contributed by atoms with Gasteiger partial charge in [-0.25, -0.2) is 17.5 Å². The maximum absolute atomic E-state index is 13.6. The number of ketones is 1. The Labute approximate surface area is 311 Å². The number of carboxylic acid groups (broad SMARTS) is 1. The monoisotopic (exact) mass is 768 g/mol. The van der Waals surface area contributed by atoms with Gasteiger partial charge >= 0.3 is 5.97 Å². The van der Waals surface area contributed by atoms with E-state index < -0.39 is 57.1 Å². The van der Waals surface area contributed by atoms with Gasteiger partial charge in [-0.2, -0.15) is 0 Å². The van der Waals surface area contributed by atoms with Crippen LogP contribution in [0.25, 0.3) is 0 Å². The quantitative estimate of drug-likeness (QED) is 0.0940. The van der Waals surface area contributed by atoms with Gasteiger partial charge in [0.25, 0.3) is 5.91 Å². The lowest BCUT2D eigenvalue weighted by Crippen LogP contribution is -2.57. The summed E-state index contributed by atoms with van der Waals surface area (Å²) in [5.74, 6) is 2.87. The first kappa shape index (κ1) is 41.0. The Kier molecular flexibility index (Phi) is 14.5. The maximum atomic E-state index is 13.6. The number of carbonyl (C=O) groups excluding carboxylic acids is 3. The lowest BCUT2D eigenvalue weighted by molar-refractivity contribution is -0.140. The van der Waals surface area contributed by atoms with Crippen LogP contribution in [0.3, 0.4) is 0 Å². The molecule has 16 heteroatoms. The molecule has 1 aliphatic heterocycles. The number of β-lactam (4-membered cyclic amide) rings is 1. The van der Waals surface area contributed by atoms with Crippen LogP contribution in [0.2, 0.25) is 0 Å². The number of carbonyl (C=O) groups is 4. The molecule has 282 valence electrons. The molecule has 6 N–H and O–H groups in total. The van der Waals surface area contributed by atoms with Crippen molar-refractivity contribution >= 4 is 51.0 Å². The molecular weight excluding hydrogens is 728 g/mol. The zero-order valence-corrected chi connectivity index (χ0v) is 30.7. The molecule has 3 aromatic carbocycles. The molecule has 1 saturated heterocycles. The zero-order chi connectivity index (χ0) is 38.7. The highest BCUT2D eigenvalue weighted by molar-refractivity contribution is 8.00. The summed E-state index contributed by atoms with van der Waals surface area (Å²) in [6.45, 7) is 1.01. The molecule has 0 saturated carbocycles. The van der Waals surface area contributed by atoms with Crippen LogP contribution >= 0.6 is 11.8 Å². The van der Waals surface area contributed by atoms with Gasteiger partial charge < -0.3 is 30.9 Å². The van der Waals surface area contributed by atoms with Crippen molar-refractivity contribution in [2.24, 2.45) is 11.7 Å². The van der Waals surface area contributed by atoms with Gasteiger partial charge in [0.05, 0.1) is 31.5 Å². The third-order valence-corrected chi connectivity index (χ3v) is 10.4. The molecule has 0 aliphatic carbocycles. The number of hydrogen-bond acceptors (Lipinski definition) is 10. The van der Waals surface area contributed by atoms with E-state index >= 15 is 0 Å². The number of sulfonamides is 1. The summed E-state index contributed by atoms with van der Waals surface area (Å²) in [5, 5.41) is 21.8. The van der Waals surface area contributed by atoms with Crippen LogP contribution in [0.5, 0.6) is 5.75 Å². The van der Waals surface area contributed by atoms with Crippen molar-refractivity contribution in [3.63, 3.8) is 0 Å². The third-order valence-electron chi connectivity index (χ3n) is 8.42. The summed E-state index contributed by atoms with van der Waals surface area (Å²) in [5.41, 5.74) is 8.13. The predicted octanol–water partition coefficient (Wildman–Crippen LogP) is 2.54. The van der Waals surface area contributed by atoms with E-state index in [-0.39, 0.29) is 43.6 Å². The summed E-state index contributed by atoms with van der Waals surface area (Å²) in [6, 6.07) is 17.6. The van der Waals surface area contributed by atoms with E-state index in [9.17, 15) is 37.1 Å². The van der Waals surface area contributed by atoms with Crippen molar-refractivity contribution in [3.05, 3.63) is 95.3 Å². The Balaban J connectivity index is 1.41. The Morgan fingerprint density at radius 3 is 2.32 bits per heavy atom. The number of benzene rings is 3. The van der Waals surface area contributed by atoms with Crippen molar-refractivity contribution < 1.29 is 46.9 Å². The first-order valence-electron chi connectivity index (χ1n) is 16.6. The lowest BCUT2D eigenvalue weighted by atomic mass is 9.92. The second-order valence-corrected chi connectivity index (χ2v) is 15.3. The molecule has 0 aromatic heterocycles. The van der Waals surface area contributed by atoms with Gasteiger partial charge in [-0.05, 0) is 65.6 Å². The van der Waals surface area contributed by atoms with E-state index in [1.807, 2.05) is 0 Å². The van der Waals surface area contributed by atoms with Crippen molar-refractivity contribution in [2.75, 3.05) is 36.6 Å². The average molecular weight is 769 g/mol. The van der Waals surface area contributed by atoms with Crippen molar-refractivity contribution in [1.82, 2.24) is 10.0 Å². The molecule has 3 aromatic rings. The number of aliphatic hydroxyl groups excluding tert-OH is 1. The SMILES string of the molecule is CCC(CC(=O)CNC(=O)COc1ccc([C@@H]2[C@@H](SC[C@H](O)c3ccc(F)cc3)C(=O)N2c2ccc(C#CCNS(C)(=O)=O)cc2)cc1)[C@@H](N)C(=O)O. The minimum absolute atomic E-state index is 0.0504. The molecular formula is C37H41FN4O9S2. The summed E-state index contributed by atoms with van der Waals surface area (Å²) >= 11 is 1.27. The number of aliphatic carboxylic acids is 1. The Bertz CT molecular complexity index is 1930. The second-order valence-electron chi connectivity index (χ2n) is 12.3. The van der Waals surface area contributed by atoms with Gasteiger partial charge in [-0.15, -0.1) is 11.8 Å². The van der Waals surface area contributed by atoms with Crippen LogP contribution in [0.15, 0.2) is 72.8 Å². The van der Waals surface area contributed by atoms with E-state index in [1.165, 1.54) is 36.0 Å². The van der Waals surface area contributed by atoms with E-state index in [4.69, 9.17) is 15.6 Å². The van der Waals surface area contributed by atoms with Crippen LogP contribution in [-0.2, 0) is 29.2 Å². The van der Waals surface area contributed by atoms with Crippen molar-refractivity contribution in [3.8, 4) is 17.6 Å². The number of anilines is 1. The molecule has 5 atom stereocenters. The highest BCUT2D eigenvalue weighted by Gasteiger charge is 2.49. The van der Waals surface area contributed by atoms with Gasteiger partial charge in [-0.1, -0.05) is 49.5 Å².